The molecule has 168 valence electrons. The van der Waals surface area contributed by atoms with Gasteiger partial charge in [0.1, 0.15) is 48.8 Å². The fourth-order valence-electron chi connectivity index (χ4n) is 3.86. The van der Waals surface area contributed by atoms with Gasteiger partial charge in [0.05, 0.1) is 13.2 Å². The quantitative estimate of drug-likeness (QED) is 0.295. The minimum atomic E-state index is -1.71. The van der Waals surface area contributed by atoms with Crippen molar-refractivity contribution in [2.24, 2.45) is 0 Å². The van der Waals surface area contributed by atoms with Gasteiger partial charge in [-0.1, -0.05) is 30.3 Å². The van der Waals surface area contributed by atoms with Crippen LogP contribution in [0.2, 0.25) is 0 Å². The second kappa shape index (κ2) is 9.10. The molecule has 30 heavy (non-hydrogen) atoms. The van der Waals surface area contributed by atoms with E-state index in [1.165, 1.54) is 0 Å². The summed E-state index contributed by atoms with van der Waals surface area (Å²) in [5.41, 5.74) is 0.747. The third kappa shape index (κ3) is 4.11. The van der Waals surface area contributed by atoms with Crippen molar-refractivity contribution in [2.45, 2.75) is 67.7 Å². The van der Waals surface area contributed by atoms with Crippen LogP contribution in [-0.4, -0.2) is 105 Å². The highest BCUT2D eigenvalue weighted by Crippen LogP contribution is 2.35. The Bertz CT molecular complexity index is 686. The van der Waals surface area contributed by atoms with Crippen molar-refractivity contribution in [3.8, 4) is 0 Å². The van der Waals surface area contributed by atoms with Crippen molar-refractivity contribution in [1.29, 1.82) is 0 Å². The van der Waals surface area contributed by atoms with Gasteiger partial charge in [-0.2, -0.15) is 0 Å². The third-order valence-corrected chi connectivity index (χ3v) is 5.54. The molecule has 4 rings (SSSR count). The first-order chi connectivity index (χ1) is 14.4. The summed E-state index contributed by atoms with van der Waals surface area (Å²) in [5.74, 6) is 0. The molecule has 11 heteroatoms. The van der Waals surface area contributed by atoms with Crippen LogP contribution < -0.4 is 0 Å². The van der Waals surface area contributed by atoms with Gasteiger partial charge in [-0.25, -0.2) is 0 Å². The van der Waals surface area contributed by atoms with Gasteiger partial charge in [0.2, 0.25) is 0 Å². The molecule has 3 fully saturated rings. The van der Waals surface area contributed by atoms with E-state index in [0.717, 1.165) is 5.56 Å². The van der Waals surface area contributed by atoms with E-state index < -0.39 is 74.3 Å². The predicted molar refractivity (Wildman–Crippen MR) is 95.5 cm³/mol. The maximum Gasteiger partial charge on any atom is 0.187 e. The van der Waals surface area contributed by atoms with Crippen molar-refractivity contribution in [3.05, 3.63) is 35.9 Å². The number of hydrogen-bond donors (Lipinski definition) is 6. The summed E-state index contributed by atoms with van der Waals surface area (Å²) >= 11 is 0. The Labute approximate surface area is 171 Å². The summed E-state index contributed by atoms with van der Waals surface area (Å²) in [7, 11) is 0. The number of aliphatic hydroxyl groups excluding tert-OH is 6. The topological polar surface area (TPSA) is 168 Å². The molecule has 0 aromatic heterocycles. The van der Waals surface area contributed by atoms with Crippen LogP contribution in [0.15, 0.2) is 30.3 Å². The lowest BCUT2D eigenvalue weighted by atomic mass is 9.96. The van der Waals surface area contributed by atoms with Crippen LogP contribution in [0.4, 0.5) is 0 Å². The van der Waals surface area contributed by atoms with E-state index in [4.69, 9.17) is 23.7 Å². The molecule has 3 aliphatic rings. The minimum Gasteiger partial charge on any atom is -0.394 e. The standard InChI is InChI=1S/C19H26O11/c20-6-9-15(11(21)13(23)17(25)27-9)30-19-14(24)12(22)16-10(28-19)7-26-18(29-16)8-4-2-1-3-5-8/h1-5,9-25H,6-7H2/t9-,10-,11-,12-,13-,14-,15-,16-,17?,18?,19-/m1/s1. The van der Waals surface area contributed by atoms with Gasteiger partial charge >= 0.3 is 0 Å². The Morgan fingerprint density at radius 2 is 1.60 bits per heavy atom. The van der Waals surface area contributed by atoms with Gasteiger partial charge in [-0.05, 0) is 0 Å². The highest BCUT2D eigenvalue weighted by Gasteiger charge is 2.52. The molecule has 3 aliphatic heterocycles. The number of aliphatic hydroxyl groups is 6. The molecular formula is C19H26O11. The molecule has 6 N–H and O–H groups in total. The monoisotopic (exact) mass is 430 g/mol. The summed E-state index contributed by atoms with van der Waals surface area (Å²) in [5, 5.41) is 60.2. The molecule has 3 saturated heterocycles. The van der Waals surface area contributed by atoms with E-state index in [1.807, 2.05) is 30.3 Å². The molecule has 0 saturated carbocycles. The molecule has 1 aromatic carbocycles. The number of benzene rings is 1. The maximum absolute atomic E-state index is 10.6. The van der Waals surface area contributed by atoms with E-state index in [1.54, 1.807) is 0 Å². The lowest BCUT2D eigenvalue weighted by Crippen LogP contribution is -2.65. The van der Waals surface area contributed by atoms with Crippen molar-refractivity contribution in [1.82, 2.24) is 0 Å². The highest BCUT2D eigenvalue weighted by molar-refractivity contribution is 5.16. The zero-order valence-corrected chi connectivity index (χ0v) is 15.9. The Morgan fingerprint density at radius 1 is 0.867 bits per heavy atom. The van der Waals surface area contributed by atoms with Crippen LogP contribution in [0.3, 0.4) is 0 Å². The second-order valence-corrected chi connectivity index (χ2v) is 7.53. The van der Waals surface area contributed by atoms with Gasteiger partial charge in [0, 0.05) is 5.56 Å². The fraction of sp³-hybridized carbons (Fsp3) is 0.684. The summed E-state index contributed by atoms with van der Waals surface area (Å²) in [4.78, 5) is 0. The van der Waals surface area contributed by atoms with Crippen molar-refractivity contribution in [2.75, 3.05) is 13.2 Å². The molecule has 1 aromatic rings. The predicted octanol–water partition coefficient (Wildman–Crippen LogP) is -2.64. The van der Waals surface area contributed by atoms with E-state index in [-0.39, 0.29) is 6.61 Å². The lowest BCUT2D eigenvalue weighted by molar-refractivity contribution is -0.384. The highest BCUT2D eigenvalue weighted by atomic mass is 16.8. The maximum atomic E-state index is 10.6. The molecule has 0 aliphatic carbocycles. The average molecular weight is 430 g/mol. The van der Waals surface area contributed by atoms with Gasteiger partial charge in [-0.3, -0.25) is 0 Å². The first-order valence-corrected chi connectivity index (χ1v) is 9.70. The summed E-state index contributed by atoms with van der Waals surface area (Å²) < 4.78 is 27.7. The molecule has 3 heterocycles. The zero-order valence-electron chi connectivity index (χ0n) is 15.9. The van der Waals surface area contributed by atoms with Gasteiger partial charge in [0.15, 0.2) is 18.9 Å². The van der Waals surface area contributed by atoms with Gasteiger partial charge in [0.25, 0.3) is 0 Å². The number of fused-ring (bicyclic) bond motifs is 1. The summed E-state index contributed by atoms with van der Waals surface area (Å²) in [6.07, 6.45) is -14.3. The molecule has 0 radical (unpaired) electrons. The number of hydrogen-bond acceptors (Lipinski definition) is 11. The van der Waals surface area contributed by atoms with Crippen LogP contribution in [0, 0.1) is 0 Å². The van der Waals surface area contributed by atoms with E-state index in [0.29, 0.717) is 0 Å². The zero-order chi connectivity index (χ0) is 21.4. The van der Waals surface area contributed by atoms with Crippen molar-refractivity contribution >= 4 is 0 Å². The second-order valence-electron chi connectivity index (χ2n) is 7.53. The van der Waals surface area contributed by atoms with Crippen LogP contribution in [0.25, 0.3) is 0 Å². The molecule has 0 bridgehead atoms. The Hall–Kier alpha value is -1.22. The van der Waals surface area contributed by atoms with E-state index in [9.17, 15) is 30.6 Å². The minimum absolute atomic E-state index is 0.0440. The molecular weight excluding hydrogens is 404 g/mol. The smallest absolute Gasteiger partial charge is 0.187 e. The average Bonchev–Trinajstić information content (AvgIpc) is 2.77. The molecule has 0 amide bonds. The lowest BCUT2D eigenvalue weighted by Gasteiger charge is -2.48. The van der Waals surface area contributed by atoms with Crippen molar-refractivity contribution in [3.63, 3.8) is 0 Å². The molecule has 11 nitrogen and oxygen atoms in total. The summed E-state index contributed by atoms with van der Waals surface area (Å²) in [6, 6.07) is 9.10. The molecule has 11 atom stereocenters. The van der Waals surface area contributed by atoms with E-state index in [2.05, 4.69) is 0 Å². The first-order valence-electron chi connectivity index (χ1n) is 9.70. The first kappa shape index (κ1) is 22.0. The van der Waals surface area contributed by atoms with Crippen LogP contribution in [0.1, 0.15) is 11.9 Å². The molecule has 0 spiro atoms. The van der Waals surface area contributed by atoms with Gasteiger partial charge in [-0.15, -0.1) is 0 Å². The molecule has 2 unspecified atom stereocenters. The Balaban J connectivity index is 1.44. The Kier molecular flexibility index (Phi) is 6.67. The Morgan fingerprint density at radius 3 is 2.30 bits per heavy atom. The largest absolute Gasteiger partial charge is 0.394 e. The van der Waals surface area contributed by atoms with Crippen LogP contribution in [-0.2, 0) is 23.7 Å². The normalized spacial score (nSPS) is 46.9. The van der Waals surface area contributed by atoms with Gasteiger partial charge < -0.3 is 54.3 Å². The SMILES string of the molecule is OC[C@H]1OC(O)[C@H](O)[C@@H](O)[C@@H]1O[C@H]1O[C@@H]2COC(c3ccccc3)O[C@H]2[C@H](O)[C@H]1O. The summed E-state index contributed by atoms with van der Waals surface area (Å²) in [6.45, 7) is -0.587. The third-order valence-electron chi connectivity index (χ3n) is 5.54. The van der Waals surface area contributed by atoms with Crippen molar-refractivity contribution < 1.29 is 54.3 Å². The van der Waals surface area contributed by atoms with E-state index >= 15 is 0 Å². The number of ether oxygens (including phenoxy) is 5. The van der Waals surface area contributed by atoms with Crippen LogP contribution in [0.5, 0.6) is 0 Å². The van der Waals surface area contributed by atoms with Crippen LogP contribution >= 0.6 is 0 Å². The number of rotatable bonds is 4. The fourth-order valence-corrected chi connectivity index (χ4v) is 3.86.